The van der Waals surface area contributed by atoms with Gasteiger partial charge in [-0.15, -0.1) is 0 Å². The second-order valence-corrected chi connectivity index (χ2v) is 7.57. The molecule has 2 aromatic heterocycles. The van der Waals surface area contributed by atoms with Crippen LogP contribution in [0.3, 0.4) is 0 Å². The summed E-state index contributed by atoms with van der Waals surface area (Å²) in [5, 5.41) is 4.44. The molecule has 1 aromatic carbocycles. The first-order valence-electron chi connectivity index (χ1n) is 9.66. The van der Waals surface area contributed by atoms with E-state index in [0.29, 0.717) is 18.1 Å². The van der Waals surface area contributed by atoms with Gasteiger partial charge in [-0.25, -0.2) is 9.97 Å². The molecule has 0 spiro atoms. The summed E-state index contributed by atoms with van der Waals surface area (Å²) in [7, 11) is 0. The largest absolute Gasteiger partial charge is 0.356 e. The van der Waals surface area contributed by atoms with Crippen LogP contribution in [0.4, 0.5) is 5.82 Å². The number of nitrogens with one attached hydrogen (secondary N) is 2. The van der Waals surface area contributed by atoms with Crippen molar-refractivity contribution < 1.29 is 4.79 Å². The molecule has 0 bridgehead atoms. The summed E-state index contributed by atoms with van der Waals surface area (Å²) < 4.78 is 0. The molecule has 2 aliphatic heterocycles. The van der Waals surface area contributed by atoms with E-state index in [1.54, 1.807) is 6.33 Å². The molecule has 6 heteroatoms. The van der Waals surface area contributed by atoms with Crippen LogP contribution in [0, 0.1) is 5.92 Å². The van der Waals surface area contributed by atoms with Crippen LogP contribution < -0.4 is 10.2 Å². The highest BCUT2D eigenvalue weighted by Gasteiger charge is 2.31. The predicted octanol–water partition coefficient (Wildman–Crippen LogP) is 2.98. The molecular weight excluding hydrogens is 338 g/mol. The van der Waals surface area contributed by atoms with Crippen molar-refractivity contribution in [1.29, 1.82) is 0 Å². The highest BCUT2D eigenvalue weighted by molar-refractivity contribution is 5.88. The number of hydrogen-bond acceptors (Lipinski definition) is 5. The Morgan fingerprint density at radius 1 is 1.22 bits per heavy atom. The van der Waals surface area contributed by atoms with Crippen LogP contribution in [-0.4, -0.2) is 33.8 Å². The molecule has 4 heterocycles. The third kappa shape index (κ3) is 3.00. The first-order chi connectivity index (χ1) is 13.3. The molecule has 1 fully saturated rings. The Balaban J connectivity index is 1.31. The maximum Gasteiger partial charge on any atom is 0.154 e. The van der Waals surface area contributed by atoms with Gasteiger partial charge in [-0.1, -0.05) is 24.3 Å². The number of aromatic amines is 1. The molecule has 3 aromatic rings. The van der Waals surface area contributed by atoms with Gasteiger partial charge in [0.05, 0.1) is 11.4 Å². The Labute approximate surface area is 158 Å². The third-order valence-corrected chi connectivity index (χ3v) is 5.83. The standard InChI is InChI=1S/C21H23N5O/c27-18(19-16-6-2-1-5-15(16)11-23-19)10-14-4-3-9-26(12-14)21-17-7-8-22-20(17)24-13-25-21/h1-2,5-8,13-14,19,23H,3-4,9-12H2,(H,22,24,25). The van der Waals surface area contributed by atoms with Gasteiger partial charge in [0, 0.05) is 32.3 Å². The monoisotopic (exact) mass is 361 g/mol. The first kappa shape index (κ1) is 16.4. The van der Waals surface area contributed by atoms with E-state index in [-0.39, 0.29) is 6.04 Å². The molecule has 2 N–H and O–H groups in total. The number of fused-ring (bicyclic) bond motifs is 2. The van der Waals surface area contributed by atoms with Crippen LogP contribution in [0.25, 0.3) is 11.0 Å². The minimum absolute atomic E-state index is 0.146. The van der Waals surface area contributed by atoms with Gasteiger partial charge in [-0.2, -0.15) is 0 Å². The molecule has 2 aliphatic rings. The second-order valence-electron chi connectivity index (χ2n) is 7.57. The molecule has 2 unspecified atom stereocenters. The average Bonchev–Trinajstić information content (AvgIpc) is 3.35. The summed E-state index contributed by atoms with van der Waals surface area (Å²) >= 11 is 0. The zero-order chi connectivity index (χ0) is 18.2. The number of carbonyl (C=O) groups is 1. The fraction of sp³-hybridized carbons (Fsp3) is 0.381. The number of ketones is 1. The second kappa shape index (κ2) is 6.78. The highest BCUT2D eigenvalue weighted by Crippen LogP contribution is 2.31. The Bertz CT molecular complexity index is 981. The number of benzene rings is 1. The summed E-state index contributed by atoms with van der Waals surface area (Å²) in [4.78, 5) is 27.2. The van der Waals surface area contributed by atoms with Gasteiger partial charge in [0.25, 0.3) is 0 Å². The smallest absolute Gasteiger partial charge is 0.154 e. The predicted molar refractivity (Wildman–Crippen MR) is 104 cm³/mol. The number of piperidine rings is 1. The van der Waals surface area contributed by atoms with Crippen molar-refractivity contribution in [2.45, 2.75) is 31.8 Å². The van der Waals surface area contributed by atoms with Crippen molar-refractivity contribution in [3.63, 3.8) is 0 Å². The molecule has 0 amide bonds. The number of Topliss-reactive ketones (excluding diaryl/α,β-unsaturated/α-hetero) is 1. The molecule has 27 heavy (non-hydrogen) atoms. The summed E-state index contributed by atoms with van der Waals surface area (Å²) in [6, 6.07) is 10.1. The van der Waals surface area contributed by atoms with Crippen LogP contribution in [0.1, 0.15) is 36.4 Å². The molecule has 0 radical (unpaired) electrons. The lowest BCUT2D eigenvalue weighted by Gasteiger charge is -2.34. The van der Waals surface area contributed by atoms with Crippen LogP contribution >= 0.6 is 0 Å². The SMILES string of the molecule is O=C(CC1CCCN(c2ncnc3[nH]ccc23)C1)C1NCc2ccccc21. The van der Waals surface area contributed by atoms with Gasteiger partial charge in [0.1, 0.15) is 17.8 Å². The van der Waals surface area contributed by atoms with Crippen LogP contribution in [-0.2, 0) is 11.3 Å². The van der Waals surface area contributed by atoms with Crippen molar-refractivity contribution in [2.75, 3.05) is 18.0 Å². The number of anilines is 1. The minimum atomic E-state index is -0.146. The van der Waals surface area contributed by atoms with Crippen molar-refractivity contribution in [3.05, 3.63) is 54.0 Å². The van der Waals surface area contributed by atoms with E-state index >= 15 is 0 Å². The Morgan fingerprint density at radius 2 is 2.15 bits per heavy atom. The van der Waals surface area contributed by atoms with E-state index in [9.17, 15) is 4.79 Å². The van der Waals surface area contributed by atoms with Gasteiger partial charge in [-0.3, -0.25) is 10.1 Å². The maximum absolute atomic E-state index is 13.0. The first-order valence-corrected chi connectivity index (χ1v) is 9.66. The zero-order valence-electron chi connectivity index (χ0n) is 15.2. The molecule has 138 valence electrons. The fourth-order valence-corrected chi connectivity index (χ4v) is 4.52. The Hall–Kier alpha value is -2.73. The molecule has 5 rings (SSSR count). The molecule has 0 saturated carbocycles. The van der Waals surface area contributed by atoms with Gasteiger partial charge < -0.3 is 9.88 Å². The number of H-pyrrole nitrogens is 1. The van der Waals surface area contributed by atoms with E-state index in [1.165, 1.54) is 5.56 Å². The van der Waals surface area contributed by atoms with E-state index in [1.807, 2.05) is 24.4 Å². The van der Waals surface area contributed by atoms with E-state index in [2.05, 4.69) is 37.3 Å². The Kier molecular flexibility index (Phi) is 4.13. The van der Waals surface area contributed by atoms with Crippen LogP contribution in [0.5, 0.6) is 0 Å². The highest BCUT2D eigenvalue weighted by atomic mass is 16.1. The molecular formula is C21H23N5O. The number of aromatic nitrogens is 3. The number of rotatable bonds is 4. The lowest BCUT2D eigenvalue weighted by atomic mass is 9.89. The van der Waals surface area contributed by atoms with E-state index < -0.39 is 0 Å². The molecule has 6 nitrogen and oxygen atoms in total. The van der Waals surface area contributed by atoms with E-state index in [0.717, 1.165) is 54.9 Å². The summed E-state index contributed by atoms with van der Waals surface area (Å²) in [6.07, 6.45) is 6.31. The Morgan fingerprint density at radius 3 is 3.11 bits per heavy atom. The molecule has 2 atom stereocenters. The fourth-order valence-electron chi connectivity index (χ4n) is 4.52. The van der Waals surface area contributed by atoms with Crippen LogP contribution in [0.15, 0.2) is 42.9 Å². The normalized spacial score (nSPS) is 22.1. The summed E-state index contributed by atoms with van der Waals surface area (Å²) in [6.45, 7) is 2.64. The lowest BCUT2D eigenvalue weighted by molar-refractivity contribution is -0.122. The molecule has 1 saturated heterocycles. The van der Waals surface area contributed by atoms with Gasteiger partial charge in [-0.05, 0) is 36.0 Å². The van der Waals surface area contributed by atoms with Gasteiger partial charge in [0.2, 0.25) is 0 Å². The zero-order valence-corrected chi connectivity index (χ0v) is 15.2. The average molecular weight is 361 g/mol. The third-order valence-electron chi connectivity index (χ3n) is 5.83. The van der Waals surface area contributed by atoms with Crippen molar-refractivity contribution in [1.82, 2.24) is 20.3 Å². The van der Waals surface area contributed by atoms with E-state index in [4.69, 9.17) is 0 Å². The number of hydrogen-bond donors (Lipinski definition) is 2. The quantitative estimate of drug-likeness (QED) is 0.747. The van der Waals surface area contributed by atoms with Crippen LogP contribution in [0.2, 0.25) is 0 Å². The number of carbonyl (C=O) groups excluding carboxylic acids is 1. The summed E-state index contributed by atoms with van der Waals surface area (Å²) in [5.41, 5.74) is 3.27. The maximum atomic E-state index is 13.0. The summed E-state index contributed by atoms with van der Waals surface area (Å²) in [5.74, 6) is 1.65. The van der Waals surface area contributed by atoms with Crippen molar-refractivity contribution >= 4 is 22.6 Å². The van der Waals surface area contributed by atoms with Crippen molar-refractivity contribution in [2.24, 2.45) is 5.92 Å². The van der Waals surface area contributed by atoms with Gasteiger partial charge in [0.15, 0.2) is 5.78 Å². The molecule has 0 aliphatic carbocycles. The van der Waals surface area contributed by atoms with Gasteiger partial charge >= 0.3 is 0 Å². The number of nitrogens with zero attached hydrogens (tertiary/aromatic N) is 3. The minimum Gasteiger partial charge on any atom is -0.356 e. The topological polar surface area (TPSA) is 73.9 Å². The lowest BCUT2D eigenvalue weighted by Crippen LogP contribution is -2.38. The van der Waals surface area contributed by atoms with Crippen molar-refractivity contribution in [3.8, 4) is 0 Å².